The van der Waals surface area contributed by atoms with Crippen LogP contribution in [0.4, 0.5) is 5.95 Å². The van der Waals surface area contributed by atoms with Gasteiger partial charge in [0.15, 0.2) is 5.65 Å². The van der Waals surface area contributed by atoms with Gasteiger partial charge in [0, 0.05) is 12.1 Å². The second-order valence-electron chi connectivity index (χ2n) is 5.16. The van der Waals surface area contributed by atoms with Crippen LogP contribution in [0.25, 0.3) is 11.2 Å². The van der Waals surface area contributed by atoms with E-state index >= 15 is 0 Å². The number of nitrogen functional groups attached to an aromatic ring is 1. The van der Waals surface area contributed by atoms with Crippen LogP contribution in [0, 0.1) is 0 Å². The van der Waals surface area contributed by atoms with Gasteiger partial charge in [-0.05, 0) is 27.8 Å². The molecule has 92 valence electrons. The maximum absolute atomic E-state index is 5.68. The van der Waals surface area contributed by atoms with E-state index < -0.39 is 0 Å². The molecule has 0 amide bonds. The van der Waals surface area contributed by atoms with Gasteiger partial charge < -0.3 is 10.7 Å². The molecule has 17 heavy (non-hydrogen) atoms. The fourth-order valence-electron chi connectivity index (χ4n) is 1.49. The summed E-state index contributed by atoms with van der Waals surface area (Å²) in [5.41, 5.74) is 8.08. The maximum atomic E-state index is 5.68. The van der Waals surface area contributed by atoms with Gasteiger partial charge in [0.25, 0.3) is 0 Å². The summed E-state index contributed by atoms with van der Waals surface area (Å²) in [5, 5.41) is 0. The van der Waals surface area contributed by atoms with Crippen molar-refractivity contribution < 1.29 is 0 Å². The zero-order chi connectivity index (χ0) is 12.6. The smallest absolute Gasteiger partial charge is 0.222 e. The lowest BCUT2D eigenvalue weighted by Crippen LogP contribution is -2.37. The largest absolute Gasteiger partial charge is 0.368 e. The number of anilines is 1. The van der Waals surface area contributed by atoms with E-state index in [-0.39, 0.29) is 11.5 Å². The van der Waals surface area contributed by atoms with Crippen LogP contribution in [-0.4, -0.2) is 37.4 Å². The number of imidazole rings is 1. The van der Waals surface area contributed by atoms with Crippen molar-refractivity contribution in [2.45, 2.75) is 32.9 Å². The van der Waals surface area contributed by atoms with Gasteiger partial charge in [-0.3, -0.25) is 4.90 Å². The molecule has 0 atom stereocenters. The van der Waals surface area contributed by atoms with Crippen LogP contribution in [0.1, 0.15) is 26.5 Å². The number of nitrogens with two attached hydrogens (primary N) is 1. The van der Waals surface area contributed by atoms with E-state index in [1.807, 2.05) is 0 Å². The molecule has 0 spiro atoms. The number of nitrogens with one attached hydrogen (secondary N) is 1. The zero-order valence-corrected chi connectivity index (χ0v) is 10.7. The Morgan fingerprint density at radius 2 is 2.06 bits per heavy atom. The molecule has 6 nitrogen and oxygen atoms in total. The molecule has 0 unspecified atom stereocenters. The van der Waals surface area contributed by atoms with E-state index in [9.17, 15) is 0 Å². The molecule has 2 rings (SSSR count). The van der Waals surface area contributed by atoms with Crippen LogP contribution in [0.5, 0.6) is 0 Å². The molecule has 0 aliphatic rings. The van der Waals surface area contributed by atoms with E-state index in [1.165, 1.54) is 0 Å². The highest BCUT2D eigenvalue weighted by molar-refractivity contribution is 5.73. The number of fused-ring (bicyclic) bond motifs is 1. The number of aromatic amines is 1. The highest BCUT2D eigenvalue weighted by Crippen LogP contribution is 2.18. The molecule has 2 heterocycles. The van der Waals surface area contributed by atoms with Gasteiger partial charge in [-0.2, -0.15) is 4.98 Å². The van der Waals surface area contributed by atoms with E-state index in [0.29, 0.717) is 12.2 Å². The molecule has 0 aliphatic heterocycles. The third-order valence-corrected chi connectivity index (χ3v) is 2.90. The Hall–Kier alpha value is -1.69. The van der Waals surface area contributed by atoms with Gasteiger partial charge in [-0.1, -0.05) is 0 Å². The predicted molar refractivity (Wildman–Crippen MR) is 67.3 cm³/mol. The van der Waals surface area contributed by atoms with Gasteiger partial charge in [0.05, 0.1) is 12.0 Å². The topological polar surface area (TPSA) is 83.7 Å². The summed E-state index contributed by atoms with van der Waals surface area (Å²) in [5.74, 6) is 0.277. The zero-order valence-electron chi connectivity index (χ0n) is 10.7. The molecular weight excluding hydrogens is 216 g/mol. The molecule has 0 aromatic carbocycles. The summed E-state index contributed by atoms with van der Waals surface area (Å²) in [4.78, 5) is 17.7. The summed E-state index contributed by atoms with van der Waals surface area (Å²) in [6, 6.07) is 0. The molecule has 6 heteroatoms. The van der Waals surface area contributed by atoms with Crippen LogP contribution in [0.2, 0.25) is 0 Å². The summed E-state index contributed by atoms with van der Waals surface area (Å²) < 4.78 is 0. The van der Waals surface area contributed by atoms with Gasteiger partial charge in [0.2, 0.25) is 5.95 Å². The first kappa shape index (κ1) is 11.8. The third-order valence-electron chi connectivity index (χ3n) is 2.90. The second kappa shape index (κ2) is 3.96. The summed E-state index contributed by atoms with van der Waals surface area (Å²) >= 11 is 0. The molecule has 0 aliphatic carbocycles. The van der Waals surface area contributed by atoms with Gasteiger partial charge in [-0.25, -0.2) is 9.97 Å². The molecule has 0 saturated heterocycles. The van der Waals surface area contributed by atoms with Crippen molar-refractivity contribution >= 4 is 17.1 Å². The predicted octanol–water partition coefficient (Wildman–Crippen LogP) is 1.17. The van der Waals surface area contributed by atoms with Gasteiger partial charge >= 0.3 is 0 Å². The average molecular weight is 234 g/mol. The highest BCUT2D eigenvalue weighted by atomic mass is 15.2. The summed E-state index contributed by atoms with van der Waals surface area (Å²) in [6.07, 6.45) is 1.61. The summed E-state index contributed by atoms with van der Waals surface area (Å²) in [7, 11) is 2.05. The van der Waals surface area contributed by atoms with Crippen LogP contribution in [-0.2, 0) is 6.54 Å². The number of H-pyrrole nitrogens is 1. The Kier molecular flexibility index (Phi) is 2.74. The Morgan fingerprint density at radius 3 is 2.71 bits per heavy atom. The molecule has 0 saturated carbocycles. The normalized spacial score (nSPS) is 12.5. The molecule has 0 bridgehead atoms. The molecule has 3 N–H and O–H groups in total. The standard InChI is InChI=1S/C11H18N6/c1-11(2,3)17(4)5-7-8-9(14-6-13-8)16-10(12)15-7/h6H,5H2,1-4H3,(H3,12,13,14,15,16). The Bertz CT molecular complexity index is 524. The van der Waals surface area contributed by atoms with Crippen LogP contribution in [0.3, 0.4) is 0 Å². The van der Waals surface area contributed by atoms with Crippen molar-refractivity contribution in [3.05, 3.63) is 12.0 Å². The fraction of sp³-hybridized carbons (Fsp3) is 0.545. The maximum Gasteiger partial charge on any atom is 0.222 e. The van der Waals surface area contributed by atoms with Gasteiger partial charge in [0.1, 0.15) is 5.52 Å². The van der Waals surface area contributed by atoms with Crippen molar-refractivity contribution in [3.63, 3.8) is 0 Å². The van der Waals surface area contributed by atoms with Crippen molar-refractivity contribution in [1.29, 1.82) is 0 Å². The minimum Gasteiger partial charge on any atom is -0.368 e. The van der Waals surface area contributed by atoms with Crippen molar-refractivity contribution in [2.24, 2.45) is 0 Å². The first-order chi connectivity index (χ1) is 7.88. The van der Waals surface area contributed by atoms with E-state index in [0.717, 1.165) is 11.2 Å². The Morgan fingerprint density at radius 1 is 1.35 bits per heavy atom. The first-order valence-corrected chi connectivity index (χ1v) is 5.54. The average Bonchev–Trinajstić information content (AvgIpc) is 2.63. The van der Waals surface area contributed by atoms with E-state index in [2.05, 4.69) is 52.7 Å². The highest BCUT2D eigenvalue weighted by Gasteiger charge is 2.19. The van der Waals surface area contributed by atoms with Crippen molar-refractivity contribution in [2.75, 3.05) is 12.8 Å². The minimum atomic E-state index is 0.0718. The number of aromatic nitrogens is 4. The van der Waals surface area contributed by atoms with Crippen LogP contribution >= 0.6 is 0 Å². The monoisotopic (exact) mass is 234 g/mol. The fourth-order valence-corrected chi connectivity index (χ4v) is 1.49. The van der Waals surface area contributed by atoms with Crippen molar-refractivity contribution in [3.8, 4) is 0 Å². The number of rotatable bonds is 2. The quantitative estimate of drug-likeness (QED) is 0.814. The SMILES string of the molecule is CN(Cc1nc(N)nc2[nH]cnc12)C(C)(C)C. The minimum absolute atomic E-state index is 0.0718. The lowest BCUT2D eigenvalue weighted by molar-refractivity contribution is 0.166. The third kappa shape index (κ3) is 2.36. The van der Waals surface area contributed by atoms with E-state index in [1.54, 1.807) is 6.33 Å². The second-order valence-corrected chi connectivity index (χ2v) is 5.16. The number of nitrogens with zero attached hydrogens (tertiary/aromatic N) is 4. The molecule has 0 fully saturated rings. The summed E-state index contributed by atoms with van der Waals surface area (Å²) in [6.45, 7) is 7.15. The Balaban J connectivity index is 2.38. The lowest BCUT2D eigenvalue weighted by atomic mass is 10.1. The number of hydrogen-bond donors (Lipinski definition) is 2. The molecule has 2 aromatic heterocycles. The first-order valence-electron chi connectivity index (χ1n) is 5.54. The number of hydrogen-bond acceptors (Lipinski definition) is 5. The van der Waals surface area contributed by atoms with Crippen molar-refractivity contribution in [1.82, 2.24) is 24.8 Å². The Labute approximate surface area is 100 Å². The molecule has 2 aromatic rings. The lowest BCUT2D eigenvalue weighted by Gasteiger charge is -2.31. The molecular formula is C11H18N6. The molecule has 0 radical (unpaired) electrons. The van der Waals surface area contributed by atoms with Crippen LogP contribution in [0.15, 0.2) is 6.33 Å². The van der Waals surface area contributed by atoms with Crippen LogP contribution < -0.4 is 5.73 Å². The van der Waals surface area contributed by atoms with E-state index in [4.69, 9.17) is 5.73 Å². The van der Waals surface area contributed by atoms with Gasteiger partial charge in [-0.15, -0.1) is 0 Å².